The van der Waals surface area contributed by atoms with Gasteiger partial charge in [-0.1, -0.05) is 65.1 Å². The fourth-order valence-electron chi connectivity index (χ4n) is 2.65. The highest BCUT2D eigenvalue weighted by molar-refractivity contribution is 6.35. The summed E-state index contributed by atoms with van der Waals surface area (Å²) in [5, 5.41) is 5.15. The van der Waals surface area contributed by atoms with E-state index in [1.165, 1.54) is 5.56 Å². The molecule has 0 saturated heterocycles. The van der Waals surface area contributed by atoms with E-state index >= 15 is 0 Å². The maximum Gasteiger partial charge on any atom is 0.143 e. The Balaban J connectivity index is 1.79. The van der Waals surface area contributed by atoms with Gasteiger partial charge < -0.3 is 10.1 Å². The second-order valence-corrected chi connectivity index (χ2v) is 7.24. The van der Waals surface area contributed by atoms with Gasteiger partial charge in [-0.2, -0.15) is 0 Å². The van der Waals surface area contributed by atoms with Crippen molar-refractivity contribution in [3.63, 3.8) is 0 Å². The molecule has 3 aromatic rings. The van der Waals surface area contributed by atoms with Crippen LogP contribution in [0.4, 0.5) is 5.69 Å². The van der Waals surface area contributed by atoms with Crippen LogP contribution in [0, 0.1) is 6.92 Å². The molecular weight excluding hydrogens is 389 g/mol. The fraction of sp³-hybridized carbons (Fsp3) is 0.143. The van der Waals surface area contributed by atoms with E-state index in [0.717, 1.165) is 16.8 Å². The molecule has 0 aliphatic carbocycles. The summed E-state index contributed by atoms with van der Waals surface area (Å²) in [5.74, 6) is 0.622. The largest absolute Gasteiger partial charge is 0.487 e. The Morgan fingerprint density at radius 3 is 2.46 bits per heavy atom. The van der Waals surface area contributed by atoms with E-state index in [1.807, 2.05) is 48.5 Å². The zero-order valence-electron chi connectivity index (χ0n) is 14.2. The predicted octanol–water partition coefficient (Wildman–Crippen LogP) is 7.15. The summed E-state index contributed by atoms with van der Waals surface area (Å²) in [6.07, 6.45) is 0. The number of nitrogens with one attached hydrogen (secondary N) is 1. The first kappa shape index (κ1) is 18.9. The van der Waals surface area contributed by atoms with Crippen LogP contribution >= 0.6 is 34.8 Å². The van der Waals surface area contributed by atoms with Gasteiger partial charge in [0.25, 0.3) is 0 Å². The van der Waals surface area contributed by atoms with Crippen molar-refractivity contribution in [3.8, 4) is 5.75 Å². The molecule has 5 heteroatoms. The summed E-state index contributed by atoms with van der Waals surface area (Å²) in [7, 11) is 0. The second-order valence-electron chi connectivity index (χ2n) is 5.96. The maximum absolute atomic E-state index is 6.38. The lowest BCUT2D eigenvalue weighted by atomic mass is 10.1. The lowest BCUT2D eigenvalue weighted by molar-refractivity contribution is 0.303. The molecule has 0 unspecified atom stereocenters. The Labute approximate surface area is 168 Å². The van der Waals surface area contributed by atoms with Crippen LogP contribution < -0.4 is 10.1 Å². The molecule has 0 heterocycles. The highest BCUT2D eigenvalue weighted by Crippen LogP contribution is 2.34. The van der Waals surface area contributed by atoms with Crippen LogP contribution in [0.3, 0.4) is 0 Å². The molecular formula is C21H18Cl3NO. The number of hydrogen-bond donors (Lipinski definition) is 1. The van der Waals surface area contributed by atoms with Crippen LogP contribution in [-0.4, -0.2) is 0 Å². The Bertz CT molecular complexity index is 912. The van der Waals surface area contributed by atoms with Crippen molar-refractivity contribution < 1.29 is 4.74 Å². The van der Waals surface area contributed by atoms with Gasteiger partial charge in [-0.15, -0.1) is 0 Å². The van der Waals surface area contributed by atoms with Crippen LogP contribution in [0.1, 0.15) is 16.7 Å². The molecule has 26 heavy (non-hydrogen) atoms. The number of benzene rings is 3. The average Bonchev–Trinajstić information content (AvgIpc) is 2.60. The van der Waals surface area contributed by atoms with Gasteiger partial charge in [-0.25, -0.2) is 0 Å². The molecule has 0 amide bonds. The molecule has 3 rings (SSSR count). The summed E-state index contributed by atoms with van der Waals surface area (Å²) in [5.41, 5.74) is 4.10. The minimum absolute atomic E-state index is 0.374. The van der Waals surface area contributed by atoms with Gasteiger partial charge in [0.05, 0.1) is 5.02 Å². The summed E-state index contributed by atoms with van der Waals surface area (Å²) >= 11 is 18.6. The third-order valence-corrected chi connectivity index (χ3v) is 4.71. The molecule has 0 saturated carbocycles. The van der Waals surface area contributed by atoms with E-state index < -0.39 is 0 Å². The van der Waals surface area contributed by atoms with Crippen molar-refractivity contribution in [2.24, 2.45) is 0 Å². The Morgan fingerprint density at radius 1 is 0.885 bits per heavy atom. The van der Waals surface area contributed by atoms with Gasteiger partial charge in [0.2, 0.25) is 0 Å². The summed E-state index contributed by atoms with van der Waals surface area (Å²) in [4.78, 5) is 0. The van der Waals surface area contributed by atoms with E-state index in [9.17, 15) is 0 Å². The first-order valence-electron chi connectivity index (χ1n) is 8.17. The summed E-state index contributed by atoms with van der Waals surface area (Å²) in [6.45, 7) is 2.99. The Morgan fingerprint density at radius 2 is 1.69 bits per heavy atom. The molecule has 0 aliphatic rings. The van der Waals surface area contributed by atoms with Crippen LogP contribution in [0.25, 0.3) is 0 Å². The highest BCUT2D eigenvalue weighted by atomic mass is 35.5. The second kappa shape index (κ2) is 8.68. The normalized spacial score (nSPS) is 10.6. The molecule has 0 aromatic heterocycles. The van der Waals surface area contributed by atoms with Crippen molar-refractivity contribution in [1.82, 2.24) is 0 Å². The third kappa shape index (κ3) is 4.85. The first-order chi connectivity index (χ1) is 12.5. The monoisotopic (exact) mass is 405 g/mol. The Kier molecular flexibility index (Phi) is 6.31. The molecule has 2 nitrogen and oxygen atoms in total. The standard InChI is InChI=1S/C21H18Cl3NO/c1-14-5-2-3-8-20(14)25-12-16-10-18(23)11-19(24)21(16)26-13-15-6-4-7-17(22)9-15/h2-11,25H,12-13H2,1H3. The highest BCUT2D eigenvalue weighted by Gasteiger charge is 2.12. The minimum Gasteiger partial charge on any atom is -0.487 e. The van der Waals surface area contributed by atoms with Crippen molar-refractivity contribution in [2.75, 3.05) is 5.32 Å². The number of halogens is 3. The maximum atomic E-state index is 6.38. The number of ether oxygens (including phenoxy) is 1. The first-order valence-corrected chi connectivity index (χ1v) is 9.31. The zero-order valence-corrected chi connectivity index (χ0v) is 16.5. The molecule has 1 N–H and O–H groups in total. The van der Waals surface area contributed by atoms with Crippen molar-refractivity contribution in [1.29, 1.82) is 0 Å². The lowest BCUT2D eigenvalue weighted by Gasteiger charge is -2.16. The molecule has 0 aliphatic heterocycles. The topological polar surface area (TPSA) is 21.3 Å². The summed E-state index contributed by atoms with van der Waals surface area (Å²) in [6, 6.07) is 19.2. The molecule has 0 spiro atoms. The van der Waals surface area contributed by atoms with Gasteiger partial charge in [0, 0.05) is 27.8 Å². The van der Waals surface area contributed by atoms with Crippen LogP contribution in [0.15, 0.2) is 60.7 Å². The Hall–Kier alpha value is -1.87. The fourth-order valence-corrected chi connectivity index (χ4v) is 3.45. The summed E-state index contributed by atoms with van der Waals surface area (Å²) < 4.78 is 5.99. The lowest BCUT2D eigenvalue weighted by Crippen LogP contribution is -2.05. The van der Waals surface area contributed by atoms with E-state index in [2.05, 4.69) is 18.3 Å². The minimum atomic E-state index is 0.374. The SMILES string of the molecule is Cc1ccccc1NCc1cc(Cl)cc(Cl)c1OCc1cccc(Cl)c1. The van der Waals surface area contributed by atoms with Crippen LogP contribution in [0.2, 0.25) is 15.1 Å². The van der Waals surface area contributed by atoms with Crippen molar-refractivity contribution in [2.45, 2.75) is 20.1 Å². The number of anilines is 1. The number of aryl methyl sites for hydroxylation is 1. The van der Waals surface area contributed by atoms with E-state index in [4.69, 9.17) is 39.5 Å². The van der Waals surface area contributed by atoms with Gasteiger partial charge in [0.1, 0.15) is 12.4 Å². The average molecular weight is 407 g/mol. The van der Waals surface area contributed by atoms with Crippen molar-refractivity contribution >= 4 is 40.5 Å². The molecule has 0 fully saturated rings. The number of rotatable bonds is 6. The number of para-hydroxylation sites is 1. The van der Waals surface area contributed by atoms with E-state index in [-0.39, 0.29) is 0 Å². The van der Waals surface area contributed by atoms with Gasteiger partial charge in [-0.05, 0) is 48.4 Å². The molecule has 0 atom stereocenters. The van der Waals surface area contributed by atoms with Gasteiger partial charge in [0.15, 0.2) is 0 Å². The smallest absolute Gasteiger partial charge is 0.143 e. The van der Waals surface area contributed by atoms with E-state index in [1.54, 1.807) is 6.07 Å². The van der Waals surface area contributed by atoms with E-state index in [0.29, 0.717) is 34.0 Å². The molecule has 0 bridgehead atoms. The number of hydrogen-bond acceptors (Lipinski definition) is 2. The van der Waals surface area contributed by atoms with Gasteiger partial charge >= 0.3 is 0 Å². The molecule has 3 aromatic carbocycles. The third-order valence-electron chi connectivity index (χ3n) is 3.97. The predicted molar refractivity (Wildman–Crippen MR) is 111 cm³/mol. The molecule has 134 valence electrons. The van der Waals surface area contributed by atoms with Crippen LogP contribution in [0.5, 0.6) is 5.75 Å². The van der Waals surface area contributed by atoms with Gasteiger partial charge in [-0.3, -0.25) is 0 Å². The zero-order chi connectivity index (χ0) is 18.5. The van der Waals surface area contributed by atoms with Crippen molar-refractivity contribution in [3.05, 3.63) is 92.4 Å². The molecule has 0 radical (unpaired) electrons. The quantitative estimate of drug-likeness (QED) is 0.469. The van der Waals surface area contributed by atoms with Crippen LogP contribution in [-0.2, 0) is 13.2 Å².